The van der Waals surface area contributed by atoms with Gasteiger partial charge in [0.2, 0.25) is 11.8 Å². The molecule has 0 bridgehead atoms. The summed E-state index contributed by atoms with van der Waals surface area (Å²) < 4.78 is 10.9. The van der Waals surface area contributed by atoms with E-state index in [9.17, 15) is 5.11 Å². The van der Waals surface area contributed by atoms with Gasteiger partial charge < -0.3 is 14.4 Å². The van der Waals surface area contributed by atoms with Crippen LogP contribution in [0.3, 0.4) is 0 Å². The Morgan fingerprint density at radius 2 is 2.08 bits per heavy atom. The van der Waals surface area contributed by atoms with Gasteiger partial charge in [0.25, 0.3) is 0 Å². The molecule has 7 nitrogen and oxygen atoms in total. The van der Waals surface area contributed by atoms with Crippen molar-refractivity contribution in [1.82, 2.24) is 20.4 Å². The average Bonchev–Trinajstić information content (AvgIpc) is 3.52. The summed E-state index contributed by atoms with van der Waals surface area (Å²) in [5.74, 6) is 2.91. The normalized spacial score (nSPS) is 19.6. The van der Waals surface area contributed by atoms with E-state index in [2.05, 4.69) is 20.4 Å². The maximum Gasteiger partial charge on any atom is 0.223 e. The number of hydrogen-bond acceptors (Lipinski definition) is 7. The Kier molecular flexibility index (Phi) is 4.43. The van der Waals surface area contributed by atoms with Gasteiger partial charge in [0, 0.05) is 12.5 Å². The van der Waals surface area contributed by atoms with Crippen molar-refractivity contribution in [2.75, 3.05) is 6.61 Å². The summed E-state index contributed by atoms with van der Waals surface area (Å²) in [6.45, 7) is 4.33. The van der Waals surface area contributed by atoms with Gasteiger partial charge in [-0.2, -0.15) is 4.98 Å². The van der Waals surface area contributed by atoms with E-state index in [4.69, 9.17) is 9.26 Å². The van der Waals surface area contributed by atoms with Crippen LogP contribution in [-0.2, 0) is 0 Å². The van der Waals surface area contributed by atoms with Crippen molar-refractivity contribution in [1.29, 1.82) is 0 Å². The van der Waals surface area contributed by atoms with Gasteiger partial charge in [-0.25, -0.2) is 4.98 Å². The zero-order valence-electron chi connectivity index (χ0n) is 14.6. The molecule has 0 saturated heterocycles. The molecular formula is C18H24N4O3. The van der Waals surface area contributed by atoms with E-state index in [0.29, 0.717) is 35.1 Å². The molecule has 7 heteroatoms. The number of aliphatic hydroxyl groups is 1. The summed E-state index contributed by atoms with van der Waals surface area (Å²) in [7, 11) is 0. The first kappa shape index (κ1) is 16.5. The minimum atomic E-state index is -0.926. The molecule has 2 aromatic rings. The van der Waals surface area contributed by atoms with Gasteiger partial charge in [-0.15, -0.1) is 0 Å². The quantitative estimate of drug-likeness (QED) is 0.711. The van der Waals surface area contributed by atoms with Gasteiger partial charge >= 0.3 is 0 Å². The molecule has 0 amide bonds. The molecule has 2 saturated carbocycles. The maximum atomic E-state index is 10.5. The summed E-state index contributed by atoms with van der Waals surface area (Å²) in [6.07, 6.45) is 3.94. The third kappa shape index (κ3) is 3.99. The van der Waals surface area contributed by atoms with Crippen LogP contribution in [0.4, 0.5) is 0 Å². The molecule has 2 aliphatic rings. The van der Waals surface area contributed by atoms with E-state index >= 15 is 0 Å². The van der Waals surface area contributed by atoms with Gasteiger partial charge in [-0.3, -0.25) is 5.32 Å². The van der Waals surface area contributed by atoms with Crippen LogP contribution in [0.2, 0.25) is 0 Å². The molecule has 2 aliphatic carbocycles. The maximum absolute atomic E-state index is 10.5. The lowest BCUT2D eigenvalue weighted by Crippen LogP contribution is -2.26. The summed E-state index contributed by atoms with van der Waals surface area (Å²) in [5, 5.41) is 17.4. The van der Waals surface area contributed by atoms with Crippen molar-refractivity contribution in [2.45, 2.75) is 57.7 Å². The number of rotatable bonds is 8. The standard InChI is InChI=1S/C18H24N4O3/c1-10(16-20-11(2)25-22-16)19-17(23)15-8-7-14(13-5-6-13)18(21-15)24-9-12-3-4-12/h7-8,10,12-13,17,19,23H,3-6,9H2,1-2H3/t10-,17?/m1/s1. The zero-order chi connectivity index (χ0) is 17.4. The molecule has 0 aromatic carbocycles. The minimum absolute atomic E-state index is 0.256. The van der Waals surface area contributed by atoms with Gasteiger partial charge in [0.05, 0.1) is 18.3 Å². The number of nitrogens with one attached hydrogen (secondary N) is 1. The van der Waals surface area contributed by atoms with Crippen molar-refractivity contribution in [2.24, 2.45) is 5.92 Å². The van der Waals surface area contributed by atoms with Crippen LogP contribution in [0.5, 0.6) is 5.88 Å². The SMILES string of the molecule is Cc1nc([C@@H](C)NC(O)c2ccc(C3CC3)c(OCC3CC3)n2)no1. The van der Waals surface area contributed by atoms with E-state index in [-0.39, 0.29) is 6.04 Å². The van der Waals surface area contributed by atoms with Crippen LogP contribution in [0.1, 0.15) is 73.8 Å². The highest BCUT2D eigenvalue weighted by Crippen LogP contribution is 2.44. The van der Waals surface area contributed by atoms with E-state index in [1.54, 1.807) is 6.92 Å². The molecule has 0 aliphatic heterocycles. The Hall–Kier alpha value is -1.99. The summed E-state index contributed by atoms with van der Waals surface area (Å²) in [5.41, 5.74) is 1.71. The lowest BCUT2D eigenvalue weighted by molar-refractivity contribution is 0.118. The lowest BCUT2D eigenvalue weighted by atomic mass is 10.1. The molecule has 2 aromatic heterocycles. The first-order valence-corrected chi connectivity index (χ1v) is 8.98. The monoisotopic (exact) mass is 344 g/mol. The van der Waals surface area contributed by atoms with E-state index < -0.39 is 6.23 Å². The van der Waals surface area contributed by atoms with Crippen molar-refractivity contribution in [3.8, 4) is 5.88 Å². The fraction of sp³-hybridized carbons (Fsp3) is 0.611. The number of nitrogens with zero attached hydrogens (tertiary/aromatic N) is 3. The van der Waals surface area contributed by atoms with Crippen molar-refractivity contribution in [3.05, 3.63) is 35.1 Å². The van der Waals surface area contributed by atoms with Crippen molar-refractivity contribution in [3.63, 3.8) is 0 Å². The largest absolute Gasteiger partial charge is 0.477 e. The van der Waals surface area contributed by atoms with Crippen LogP contribution >= 0.6 is 0 Å². The summed E-state index contributed by atoms with van der Waals surface area (Å²) in [6, 6.07) is 3.65. The molecule has 4 rings (SSSR count). The number of ether oxygens (including phenoxy) is 1. The molecule has 25 heavy (non-hydrogen) atoms. The Bertz CT molecular complexity index is 740. The summed E-state index contributed by atoms with van der Waals surface area (Å²) in [4.78, 5) is 8.77. The van der Waals surface area contributed by atoms with Crippen molar-refractivity contribution >= 4 is 0 Å². The lowest BCUT2D eigenvalue weighted by Gasteiger charge is -2.18. The Morgan fingerprint density at radius 1 is 1.28 bits per heavy atom. The second-order valence-electron chi connectivity index (χ2n) is 7.12. The molecule has 2 N–H and O–H groups in total. The molecule has 134 valence electrons. The topological polar surface area (TPSA) is 93.3 Å². The second-order valence-corrected chi connectivity index (χ2v) is 7.12. The molecular weight excluding hydrogens is 320 g/mol. The fourth-order valence-corrected chi connectivity index (χ4v) is 2.81. The first-order chi connectivity index (χ1) is 12.1. The number of aromatic nitrogens is 3. The number of pyridine rings is 1. The average molecular weight is 344 g/mol. The van der Waals surface area contributed by atoms with Crippen LogP contribution in [0, 0.1) is 12.8 Å². The fourth-order valence-electron chi connectivity index (χ4n) is 2.81. The van der Waals surface area contributed by atoms with Crippen LogP contribution in [0.15, 0.2) is 16.7 Å². The van der Waals surface area contributed by atoms with Gasteiger partial charge in [-0.05, 0) is 50.5 Å². The van der Waals surface area contributed by atoms with Crippen LogP contribution < -0.4 is 10.1 Å². The third-order valence-electron chi connectivity index (χ3n) is 4.70. The highest BCUT2D eigenvalue weighted by molar-refractivity contribution is 5.35. The predicted molar refractivity (Wildman–Crippen MR) is 90.0 cm³/mol. The number of aryl methyl sites for hydroxylation is 1. The van der Waals surface area contributed by atoms with E-state index in [1.165, 1.54) is 31.2 Å². The van der Waals surface area contributed by atoms with E-state index in [0.717, 1.165) is 6.61 Å². The first-order valence-electron chi connectivity index (χ1n) is 8.98. The van der Waals surface area contributed by atoms with Gasteiger partial charge in [0.1, 0.15) is 6.23 Å². The van der Waals surface area contributed by atoms with Crippen LogP contribution in [0.25, 0.3) is 0 Å². The van der Waals surface area contributed by atoms with Crippen LogP contribution in [-0.4, -0.2) is 26.8 Å². The number of aliphatic hydroxyl groups excluding tert-OH is 1. The molecule has 1 unspecified atom stereocenters. The number of hydrogen-bond donors (Lipinski definition) is 2. The second kappa shape index (κ2) is 6.72. The Labute approximate surface area is 146 Å². The predicted octanol–water partition coefficient (Wildman–Crippen LogP) is 2.78. The Balaban J connectivity index is 1.47. The highest BCUT2D eigenvalue weighted by Gasteiger charge is 2.30. The molecule has 2 atom stereocenters. The van der Waals surface area contributed by atoms with E-state index in [1.807, 2.05) is 19.1 Å². The minimum Gasteiger partial charge on any atom is -0.477 e. The Morgan fingerprint density at radius 3 is 2.72 bits per heavy atom. The van der Waals surface area contributed by atoms with Crippen molar-refractivity contribution < 1.29 is 14.4 Å². The van der Waals surface area contributed by atoms with Gasteiger partial charge in [-0.1, -0.05) is 11.2 Å². The highest BCUT2D eigenvalue weighted by atomic mass is 16.5. The zero-order valence-corrected chi connectivity index (χ0v) is 14.6. The summed E-state index contributed by atoms with van der Waals surface area (Å²) >= 11 is 0. The molecule has 0 spiro atoms. The molecule has 2 heterocycles. The third-order valence-corrected chi connectivity index (χ3v) is 4.70. The smallest absolute Gasteiger partial charge is 0.223 e. The molecule has 2 fully saturated rings. The van der Waals surface area contributed by atoms with Gasteiger partial charge in [0.15, 0.2) is 5.82 Å². The molecule has 0 radical (unpaired) electrons.